The van der Waals surface area contributed by atoms with Gasteiger partial charge in [-0.05, 0) is 98.0 Å². The zero-order valence-corrected chi connectivity index (χ0v) is 25.5. The highest BCUT2D eigenvalue weighted by molar-refractivity contribution is 6.09. The van der Waals surface area contributed by atoms with E-state index in [4.69, 9.17) is 9.84 Å². The molecule has 0 bridgehead atoms. The third-order valence-electron chi connectivity index (χ3n) is 8.24. The molecule has 3 heterocycles. The van der Waals surface area contributed by atoms with Crippen molar-refractivity contribution in [3.63, 3.8) is 0 Å². The molecule has 0 aliphatic rings. The summed E-state index contributed by atoms with van der Waals surface area (Å²) in [5.41, 5.74) is 9.32. The number of hydrogen-bond donors (Lipinski definition) is 0. The highest BCUT2D eigenvalue weighted by atomic mass is 19.1. The predicted octanol–water partition coefficient (Wildman–Crippen LogP) is 10.0. The summed E-state index contributed by atoms with van der Waals surface area (Å²) in [6.45, 7) is 10.6. The molecule has 3 aromatic heterocycles. The molecule has 0 atom stereocenters. The van der Waals surface area contributed by atoms with E-state index >= 15 is 0 Å². The Morgan fingerprint density at radius 3 is 2.34 bits per heavy atom. The second-order valence-electron chi connectivity index (χ2n) is 11.7. The minimum atomic E-state index is -0.272. The fourth-order valence-corrected chi connectivity index (χ4v) is 6.10. The van der Waals surface area contributed by atoms with Crippen LogP contribution in [0.3, 0.4) is 0 Å². The van der Waals surface area contributed by atoms with Crippen molar-refractivity contribution >= 4 is 21.8 Å². The number of fused-ring (bicyclic) bond motifs is 3. The fourth-order valence-electron chi connectivity index (χ4n) is 6.10. The molecule has 0 saturated heterocycles. The van der Waals surface area contributed by atoms with Crippen molar-refractivity contribution in [3.05, 3.63) is 132 Å². The van der Waals surface area contributed by atoms with E-state index in [-0.39, 0.29) is 11.7 Å². The quantitative estimate of drug-likeness (QED) is 0.197. The molecule has 0 saturated carbocycles. The Kier molecular flexibility index (Phi) is 6.77. The summed E-state index contributed by atoms with van der Waals surface area (Å²) in [5.74, 6) is 2.19. The normalized spacial score (nSPS) is 11.6. The Morgan fingerprint density at radius 2 is 1.57 bits per heavy atom. The number of rotatable bonds is 6. The van der Waals surface area contributed by atoms with Crippen LogP contribution in [0.25, 0.3) is 44.4 Å². The number of halogens is 1. The lowest BCUT2D eigenvalue weighted by molar-refractivity contribution is 0.481. The summed E-state index contributed by atoms with van der Waals surface area (Å²) in [6, 6.07) is 31.5. The topological polar surface area (TPSA) is 44.9 Å². The molecule has 6 heteroatoms. The Labute approximate surface area is 256 Å². The lowest BCUT2D eigenvalue weighted by atomic mass is 10.0. The van der Waals surface area contributed by atoms with Gasteiger partial charge in [-0.3, -0.25) is 4.57 Å². The van der Waals surface area contributed by atoms with E-state index in [1.807, 2.05) is 60.1 Å². The van der Waals surface area contributed by atoms with Crippen molar-refractivity contribution in [3.8, 4) is 34.1 Å². The Balaban J connectivity index is 1.35. The average molecular weight is 581 g/mol. The number of hydrogen-bond acceptors (Lipinski definition) is 3. The summed E-state index contributed by atoms with van der Waals surface area (Å²) >= 11 is 0. The van der Waals surface area contributed by atoms with Crippen molar-refractivity contribution < 1.29 is 9.13 Å². The van der Waals surface area contributed by atoms with Gasteiger partial charge >= 0.3 is 0 Å². The van der Waals surface area contributed by atoms with E-state index in [0.29, 0.717) is 5.75 Å². The van der Waals surface area contributed by atoms with Gasteiger partial charge in [0.25, 0.3) is 0 Å². The summed E-state index contributed by atoms with van der Waals surface area (Å²) in [6.07, 6.45) is 1.80. The number of aromatic nitrogens is 4. The molecule has 0 radical (unpaired) electrons. The predicted molar refractivity (Wildman–Crippen MR) is 176 cm³/mol. The summed E-state index contributed by atoms with van der Waals surface area (Å²) in [5, 5.41) is 6.71. The second kappa shape index (κ2) is 10.8. The standard InChI is InChI=1S/C38H33FN4O/c1-23(2)28-18-30(43-26(5)38(25(4)41-43)27-9-7-6-8-10-27)21-32(19-28)44-31-12-13-33-34-20-29(39)11-14-35(34)42(36(33)22-31)37-17-24(3)15-16-40-37/h6-23H,1-5H3. The first-order chi connectivity index (χ1) is 21.3. The third kappa shape index (κ3) is 4.82. The van der Waals surface area contributed by atoms with Crippen molar-refractivity contribution in [2.45, 2.75) is 40.5 Å². The molecule has 0 aliphatic heterocycles. The fraction of sp³-hybridized carbons (Fsp3) is 0.158. The van der Waals surface area contributed by atoms with Crippen molar-refractivity contribution in [1.82, 2.24) is 19.3 Å². The van der Waals surface area contributed by atoms with Gasteiger partial charge in [-0.2, -0.15) is 5.10 Å². The molecule has 0 N–H and O–H groups in total. The van der Waals surface area contributed by atoms with Crippen molar-refractivity contribution in [1.29, 1.82) is 0 Å². The van der Waals surface area contributed by atoms with Gasteiger partial charge in [0.2, 0.25) is 0 Å². The van der Waals surface area contributed by atoms with E-state index < -0.39 is 0 Å². The maximum Gasteiger partial charge on any atom is 0.137 e. The smallest absolute Gasteiger partial charge is 0.137 e. The van der Waals surface area contributed by atoms with Crippen LogP contribution in [-0.2, 0) is 0 Å². The van der Waals surface area contributed by atoms with Crippen LogP contribution in [-0.4, -0.2) is 19.3 Å². The molecule has 5 nitrogen and oxygen atoms in total. The summed E-state index contributed by atoms with van der Waals surface area (Å²) in [4.78, 5) is 4.65. The van der Waals surface area contributed by atoms with Crippen LogP contribution in [0.5, 0.6) is 11.5 Å². The molecule has 0 amide bonds. The minimum absolute atomic E-state index is 0.272. The van der Waals surface area contributed by atoms with Crippen LogP contribution in [0.2, 0.25) is 0 Å². The molecule has 4 aromatic carbocycles. The maximum absolute atomic E-state index is 14.4. The second-order valence-corrected chi connectivity index (χ2v) is 11.7. The minimum Gasteiger partial charge on any atom is -0.457 e. The Morgan fingerprint density at radius 1 is 0.750 bits per heavy atom. The number of ether oxygens (including phenoxy) is 1. The zero-order chi connectivity index (χ0) is 30.5. The molecule has 7 aromatic rings. The Hall–Kier alpha value is -5.23. The number of pyridine rings is 1. The first-order valence-electron chi connectivity index (χ1n) is 14.9. The summed E-state index contributed by atoms with van der Waals surface area (Å²) < 4.78 is 25.0. The first kappa shape index (κ1) is 27.6. The summed E-state index contributed by atoms with van der Waals surface area (Å²) in [7, 11) is 0. The van der Waals surface area contributed by atoms with E-state index in [1.165, 1.54) is 6.07 Å². The van der Waals surface area contributed by atoms with Gasteiger partial charge in [-0.25, -0.2) is 14.1 Å². The molecule has 0 unspecified atom stereocenters. The largest absolute Gasteiger partial charge is 0.457 e. The number of nitrogens with zero attached hydrogens (tertiary/aromatic N) is 4. The van der Waals surface area contributed by atoms with Crippen molar-refractivity contribution in [2.75, 3.05) is 0 Å². The molecule has 0 spiro atoms. The number of benzene rings is 4. The van der Waals surface area contributed by atoms with E-state index in [2.05, 4.69) is 73.6 Å². The highest BCUT2D eigenvalue weighted by Gasteiger charge is 2.18. The van der Waals surface area contributed by atoms with Crippen molar-refractivity contribution in [2.24, 2.45) is 0 Å². The van der Waals surface area contributed by atoms with Crippen LogP contribution in [0.4, 0.5) is 4.39 Å². The van der Waals surface area contributed by atoms with Gasteiger partial charge in [0.15, 0.2) is 0 Å². The SMILES string of the molecule is Cc1ccnc(-n2c3ccc(F)cc3c3ccc(Oc4cc(C(C)C)cc(-n5nc(C)c(-c6ccccc6)c5C)c4)cc32)c1. The van der Waals surface area contributed by atoms with Crippen LogP contribution >= 0.6 is 0 Å². The lowest BCUT2D eigenvalue weighted by Crippen LogP contribution is -2.02. The van der Waals surface area contributed by atoms with Gasteiger partial charge in [0.05, 0.1) is 22.4 Å². The zero-order valence-electron chi connectivity index (χ0n) is 25.5. The highest BCUT2D eigenvalue weighted by Crippen LogP contribution is 2.37. The average Bonchev–Trinajstić information content (AvgIpc) is 3.49. The van der Waals surface area contributed by atoms with Gasteiger partial charge in [0.1, 0.15) is 23.1 Å². The van der Waals surface area contributed by atoms with Gasteiger partial charge < -0.3 is 4.74 Å². The van der Waals surface area contributed by atoms with Crippen LogP contribution < -0.4 is 4.74 Å². The molecule has 0 fully saturated rings. The molecular weight excluding hydrogens is 547 g/mol. The van der Waals surface area contributed by atoms with E-state index in [0.717, 1.165) is 72.7 Å². The molecular formula is C38H33FN4O. The van der Waals surface area contributed by atoms with Crippen LogP contribution in [0.15, 0.2) is 103 Å². The van der Waals surface area contributed by atoms with E-state index in [9.17, 15) is 4.39 Å². The van der Waals surface area contributed by atoms with Crippen LogP contribution in [0.1, 0.15) is 42.3 Å². The molecule has 218 valence electrons. The van der Waals surface area contributed by atoms with Gasteiger partial charge in [-0.15, -0.1) is 0 Å². The maximum atomic E-state index is 14.4. The van der Waals surface area contributed by atoms with Gasteiger partial charge in [0, 0.05) is 40.4 Å². The molecule has 0 aliphatic carbocycles. The molecule has 7 rings (SSSR count). The van der Waals surface area contributed by atoms with E-state index in [1.54, 1.807) is 12.3 Å². The van der Waals surface area contributed by atoms with Gasteiger partial charge in [-0.1, -0.05) is 44.2 Å². The third-order valence-corrected chi connectivity index (χ3v) is 8.24. The Bertz CT molecular complexity index is 2180. The lowest BCUT2D eigenvalue weighted by Gasteiger charge is -2.15. The van der Waals surface area contributed by atoms with Crippen LogP contribution in [0, 0.1) is 26.6 Å². The number of aryl methyl sites for hydroxylation is 2. The molecule has 44 heavy (non-hydrogen) atoms. The first-order valence-corrected chi connectivity index (χ1v) is 14.9. The monoisotopic (exact) mass is 580 g/mol.